The van der Waals surface area contributed by atoms with Gasteiger partial charge in [-0.15, -0.1) is 0 Å². The first-order valence-corrected chi connectivity index (χ1v) is 8.78. The lowest BCUT2D eigenvalue weighted by Gasteiger charge is -2.17. The molecule has 1 fully saturated rings. The van der Waals surface area contributed by atoms with Crippen LogP contribution in [0.1, 0.15) is 12.5 Å². The van der Waals surface area contributed by atoms with Crippen molar-refractivity contribution in [2.75, 3.05) is 25.0 Å². The maximum Gasteiger partial charge on any atom is 0.308 e. The van der Waals surface area contributed by atoms with Gasteiger partial charge in [-0.3, -0.25) is 9.59 Å². The Morgan fingerprint density at radius 3 is 2.61 bits per heavy atom. The molecule has 1 saturated heterocycles. The second-order valence-electron chi connectivity index (χ2n) is 6.16. The molecule has 23 heavy (non-hydrogen) atoms. The quantitative estimate of drug-likeness (QED) is 0.868. The van der Waals surface area contributed by atoms with Gasteiger partial charge in [0.05, 0.1) is 17.2 Å². The van der Waals surface area contributed by atoms with E-state index in [-0.39, 0.29) is 36.2 Å². The van der Waals surface area contributed by atoms with E-state index in [1.54, 1.807) is 20.0 Å². The molecule has 3 rings (SSSR count). The monoisotopic (exact) mass is 338 g/mol. The summed E-state index contributed by atoms with van der Waals surface area (Å²) in [4.78, 5) is 24.5. The third-order valence-corrected chi connectivity index (χ3v) is 6.49. The lowest BCUT2D eigenvalue weighted by molar-refractivity contribution is -0.142. The van der Waals surface area contributed by atoms with Crippen molar-refractivity contribution in [3.8, 4) is 0 Å². The van der Waals surface area contributed by atoms with Gasteiger partial charge in [-0.2, -0.15) is 4.31 Å². The van der Waals surface area contributed by atoms with E-state index < -0.39 is 21.9 Å². The molecular formula is C15H18N2O5S. The third-order valence-electron chi connectivity index (χ3n) is 4.66. The van der Waals surface area contributed by atoms with E-state index in [0.29, 0.717) is 11.3 Å². The van der Waals surface area contributed by atoms with E-state index in [1.807, 2.05) is 0 Å². The van der Waals surface area contributed by atoms with Gasteiger partial charge < -0.3 is 10.0 Å². The number of benzene rings is 1. The molecule has 2 aliphatic rings. The summed E-state index contributed by atoms with van der Waals surface area (Å²) in [7, 11) is -2.10. The number of hydrogen-bond acceptors (Lipinski definition) is 4. The molecule has 0 saturated carbocycles. The topological polar surface area (TPSA) is 95.0 Å². The minimum absolute atomic E-state index is 0.0191. The largest absolute Gasteiger partial charge is 0.481 e. The van der Waals surface area contributed by atoms with E-state index in [2.05, 4.69) is 0 Å². The highest BCUT2D eigenvalue weighted by Gasteiger charge is 2.41. The number of carbonyl (C=O) groups is 2. The summed E-state index contributed by atoms with van der Waals surface area (Å²) >= 11 is 0. The Labute approximate surface area is 134 Å². The van der Waals surface area contributed by atoms with Crippen molar-refractivity contribution in [2.45, 2.75) is 18.2 Å². The highest BCUT2D eigenvalue weighted by atomic mass is 32.2. The second kappa shape index (κ2) is 5.31. The number of carboxylic acids is 1. The SMILES string of the molecule is C[C@@H]1CN(S(=O)(=O)c2ccc3c(c2)CC(=O)N3C)C[C@H]1C(=O)O. The highest BCUT2D eigenvalue weighted by molar-refractivity contribution is 7.89. The lowest BCUT2D eigenvalue weighted by atomic mass is 9.99. The number of aliphatic carboxylic acids is 1. The normalized spacial score (nSPS) is 25.0. The maximum absolute atomic E-state index is 12.7. The molecule has 0 aliphatic carbocycles. The predicted molar refractivity (Wildman–Crippen MR) is 82.6 cm³/mol. The molecule has 2 atom stereocenters. The molecule has 8 heteroatoms. The molecule has 0 unspecified atom stereocenters. The van der Waals surface area contributed by atoms with E-state index >= 15 is 0 Å². The zero-order chi connectivity index (χ0) is 16.9. The van der Waals surface area contributed by atoms with Gasteiger partial charge in [0, 0.05) is 25.8 Å². The molecule has 2 aliphatic heterocycles. The van der Waals surface area contributed by atoms with Crippen LogP contribution in [-0.4, -0.2) is 49.8 Å². The number of rotatable bonds is 3. The standard InChI is InChI=1S/C15H18N2O5S/c1-9-7-17(8-12(9)15(19)20)23(21,22)11-3-4-13-10(5-11)6-14(18)16(13)2/h3-5,9,12H,6-8H2,1-2H3,(H,19,20)/t9-,12-/m1/s1. The van der Waals surface area contributed by atoms with Crippen LogP contribution in [0.3, 0.4) is 0 Å². The summed E-state index contributed by atoms with van der Waals surface area (Å²) in [5, 5.41) is 9.16. The summed E-state index contributed by atoms with van der Waals surface area (Å²) in [5.41, 5.74) is 1.40. The smallest absolute Gasteiger partial charge is 0.308 e. The maximum atomic E-state index is 12.7. The Morgan fingerprint density at radius 1 is 1.30 bits per heavy atom. The Kier molecular flexibility index (Phi) is 3.68. The van der Waals surface area contributed by atoms with Crippen LogP contribution in [0.4, 0.5) is 5.69 Å². The number of sulfonamides is 1. The fourth-order valence-electron chi connectivity index (χ4n) is 3.20. The Hall–Kier alpha value is -1.93. The molecule has 0 spiro atoms. The minimum Gasteiger partial charge on any atom is -0.481 e. The zero-order valence-electron chi connectivity index (χ0n) is 12.9. The van der Waals surface area contributed by atoms with Gasteiger partial charge in [0.1, 0.15) is 0 Å². The van der Waals surface area contributed by atoms with Crippen LogP contribution in [0, 0.1) is 11.8 Å². The van der Waals surface area contributed by atoms with Gasteiger partial charge >= 0.3 is 5.97 Å². The van der Waals surface area contributed by atoms with Crippen LogP contribution in [-0.2, 0) is 26.0 Å². The number of fused-ring (bicyclic) bond motifs is 1. The molecule has 124 valence electrons. The lowest BCUT2D eigenvalue weighted by Crippen LogP contribution is -2.30. The number of nitrogens with zero attached hydrogens (tertiary/aromatic N) is 2. The minimum atomic E-state index is -3.75. The number of amides is 1. The molecule has 1 aromatic rings. The summed E-state index contributed by atoms with van der Waals surface area (Å²) in [6.07, 6.45) is 0.184. The van der Waals surface area contributed by atoms with Gasteiger partial charge in [0.25, 0.3) is 0 Å². The number of carbonyl (C=O) groups excluding carboxylic acids is 1. The van der Waals surface area contributed by atoms with Crippen LogP contribution in [0.2, 0.25) is 0 Å². The van der Waals surface area contributed by atoms with E-state index in [1.165, 1.54) is 21.3 Å². The fourth-order valence-corrected chi connectivity index (χ4v) is 4.81. The highest BCUT2D eigenvalue weighted by Crippen LogP contribution is 2.33. The number of carboxylic acid groups (broad SMARTS) is 1. The Balaban J connectivity index is 1.92. The van der Waals surface area contributed by atoms with Crippen molar-refractivity contribution >= 4 is 27.6 Å². The Morgan fingerprint density at radius 2 is 2.00 bits per heavy atom. The van der Waals surface area contributed by atoms with E-state index in [9.17, 15) is 18.0 Å². The van der Waals surface area contributed by atoms with Crippen molar-refractivity contribution in [1.29, 1.82) is 0 Å². The Bertz CT molecular complexity index is 789. The molecule has 0 radical (unpaired) electrons. The molecule has 0 bridgehead atoms. The summed E-state index contributed by atoms with van der Waals surface area (Å²) in [5.74, 6) is -1.97. The van der Waals surface area contributed by atoms with Gasteiger partial charge in [-0.25, -0.2) is 8.42 Å². The molecular weight excluding hydrogens is 320 g/mol. The van der Waals surface area contributed by atoms with Crippen LogP contribution < -0.4 is 4.90 Å². The molecule has 1 aromatic carbocycles. The molecule has 1 N–H and O–H groups in total. The molecule has 2 heterocycles. The van der Waals surface area contributed by atoms with Crippen LogP contribution in [0.15, 0.2) is 23.1 Å². The van der Waals surface area contributed by atoms with Crippen LogP contribution >= 0.6 is 0 Å². The first-order valence-electron chi connectivity index (χ1n) is 7.34. The van der Waals surface area contributed by atoms with Gasteiger partial charge in [0.15, 0.2) is 0 Å². The van der Waals surface area contributed by atoms with Crippen molar-refractivity contribution in [3.05, 3.63) is 23.8 Å². The first-order chi connectivity index (χ1) is 10.7. The summed E-state index contributed by atoms with van der Waals surface area (Å²) in [6.45, 7) is 1.91. The first kappa shape index (κ1) is 15.9. The summed E-state index contributed by atoms with van der Waals surface area (Å²) in [6, 6.07) is 4.62. The molecule has 0 aromatic heterocycles. The van der Waals surface area contributed by atoms with E-state index in [0.717, 1.165) is 0 Å². The van der Waals surface area contributed by atoms with Gasteiger partial charge in [-0.1, -0.05) is 6.92 Å². The van der Waals surface area contributed by atoms with Gasteiger partial charge in [0.2, 0.25) is 15.9 Å². The summed E-state index contributed by atoms with van der Waals surface area (Å²) < 4.78 is 26.7. The second-order valence-corrected chi connectivity index (χ2v) is 8.10. The van der Waals surface area contributed by atoms with E-state index in [4.69, 9.17) is 5.11 Å². The molecule has 1 amide bonds. The fraction of sp³-hybridized carbons (Fsp3) is 0.467. The molecule has 7 nitrogen and oxygen atoms in total. The average molecular weight is 338 g/mol. The van der Waals surface area contributed by atoms with Crippen molar-refractivity contribution in [3.63, 3.8) is 0 Å². The third kappa shape index (κ3) is 2.51. The van der Waals surface area contributed by atoms with Crippen LogP contribution in [0.25, 0.3) is 0 Å². The van der Waals surface area contributed by atoms with Gasteiger partial charge in [-0.05, 0) is 29.7 Å². The number of anilines is 1. The number of likely N-dealkylation sites (N-methyl/N-ethyl adjacent to an activating group) is 1. The van der Waals surface area contributed by atoms with Crippen molar-refractivity contribution < 1.29 is 23.1 Å². The zero-order valence-corrected chi connectivity index (χ0v) is 13.7. The number of hydrogen-bond donors (Lipinski definition) is 1. The average Bonchev–Trinajstić information content (AvgIpc) is 3.00. The van der Waals surface area contributed by atoms with Crippen molar-refractivity contribution in [2.24, 2.45) is 11.8 Å². The predicted octanol–water partition coefficient (Wildman–Crippen LogP) is 0.547. The van der Waals surface area contributed by atoms with Crippen LogP contribution in [0.5, 0.6) is 0 Å². The van der Waals surface area contributed by atoms with Crippen molar-refractivity contribution in [1.82, 2.24) is 4.31 Å².